The second-order valence-corrected chi connectivity index (χ2v) is 13.3. The predicted molar refractivity (Wildman–Crippen MR) is 172 cm³/mol. The van der Waals surface area contributed by atoms with Crippen molar-refractivity contribution in [2.24, 2.45) is 11.8 Å². The number of rotatable bonds is 5. The lowest BCUT2D eigenvalue weighted by atomic mass is 9.90. The second-order valence-electron chi connectivity index (χ2n) is 13.3. The van der Waals surface area contributed by atoms with Crippen molar-refractivity contribution >= 4 is 11.9 Å². The molecule has 6 heteroatoms. The van der Waals surface area contributed by atoms with Gasteiger partial charge >= 0.3 is 5.97 Å². The minimum absolute atomic E-state index is 0.0227. The fourth-order valence-electron chi connectivity index (χ4n) is 6.84. The average molecular weight is 594 g/mol. The molecule has 0 aliphatic carbocycles. The number of allylic oxidation sites excluding steroid dienone is 6. The Balaban J connectivity index is 1.42. The van der Waals surface area contributed by atoms with Gasteiger partial charge in [0, 0.05) is 31.8 Å². The van der Waals surface area contributed by atoms with Crippen molar-refractivity contribution in [3.8, 4) is 0 Å². The van der Waals surface area contributed by atoms with E-state index in [1.54, 1.807) is 0 Å². The third-order valence-electron chi connectivity index (χ3n) is 9.34. The van der Waals surface area contributed by atoms with Gasteiger partial charge < -0.3 is 19.1 Å². The molecule has 4 heterocycles. The number of likely N-dealkylation sites (tertiary alicyclic amines) is 1. The van der Waals surface area contributed by atoms with E-state index in [4.69, 9.17) is 14.2 Å². The lowest BCUT2D eigenvalue weighted by Gasteiger charge is -2.37. The van der Waals surface area contributed by atoms with E-state index in [-0.39, 0.29) is 54.7 Å². The molecule has 3 saturated heterocycles. The third-order valence-corrected chi connectivity index (χ3v) is 9.34. The zero-order valence-electron chi connectivity index (χ0n) is 27.0. The van der Waals surface area contributed by atoms with E-state index < -0.39 is 0 Å². The molecule has 7 unspecified atom stereocenters. The molecule has 4 aliphatic heterocycles. The molecule has 3 fully saturated rings. The molecule has 4 aliphatic rings. The lowest BCUT2D eigenvalue weighted by Crippen LogP contribution is -2.37. The molecule has 0 aromatic rings. The second kappa shape index (κ2) is 17.2. The van der Waals surface area contributed by atoms with Crippen LogP contribution in [0.3, 0.4) is 0 Å². The van der Waals surface area contributed by atoms with Crippen LogP contribution in [0.25, 0.3) is 0 Å². The molecule has 6 nitrogen and oxygen atoms in total. The van der Waals surface area contributed by atoms with Crippen molar-refractivity contribution in [3.05, 3.63) is 59.8 Å². The van der Waals surface area contributed by atoms with Crippen LogP contribution in [0.4, 0.5) is 0 Å². The number of esters is 1. The third kappa shape index (κ3) is 11.2. The van der Waals surface area contributed by atoms with Gasteiger partial charge in [0.1, 0.15) is 6.10 Å². The van der Waals surface area contributed by atoms with E-state index in [1.807, 2.05) is 42.2 Å². The fraction of sp³-hybridized carbons (Fsp3) is 0.676. The molecule has 7 atom stereocenters. The molecule has 0 spiro atoms. The van der Waals surface area contributed by atoms with E-state index in [0.29, 0.717) is 12.3 Å². The minimum Gasteiger partial charge on any atom is -0.457 e. The highest BCUT2D eigenvalue weighted by Crippen LogP contribution is 2.33. The Morgan fingerprint density at radius 3 is 2.37 bits per heavy atom. The number of amides is 1. The van der Waals surface area contributed by atoms with Crippen LogP contribution < -0.4 is 0 Å². The molecule has 0 aromatic carbocycles. The maximum atomic E-state index is 13.2. The number of carbonyl (C=O) groups excluding carboxylic acids is 2. The molecule has 0 radical (unpaired) electrons. The van der Waals surface area contributed by atoms with Gasteiger partial charge in [0.25, 0.3) is 0 Å². The van der Waals surface area contributed by atoms with Gasteiger partial charge in [-0.1, -0.05) is 67.5 Å². The summed E-state index contributed by atoms with van der Waals surface area (Å²) < 4.78 is 19.1. The first kappa shape index (κ1) is 33.5. The number of hydrogen-bond donors (Lipinski definition) is 0. The van der Waals surface area contributed by atoms with Gasteiger partial charge in [0.15, 0.2) is 0 Å². The SMILES string of the molecule is CC=C1CC2CC(=O)OC(C=CC=CC=C(C)CC(=O)N3CCCCC3)C(C)C=CC(C)CC3CCCC(CC(C1)O2)O3. The summed E-state index contributed by atoms with van der Waals surface area (Å²) >= 11 is 0. The van der Waals surface area contributed by atoms with Gasteiger partial charge in [-0.2, -0.15) is 0 Å². The normalized spacial score (nSPS) is 34.6. The Kier molecular flexibility index (Phi) is 13.3. The molecule has 238 valence electrons. The Morgan fingerprint density at radius 1 is 0.884 bits per heavy atom. The molecule has 0 aromatic heterocycles. The van der Waals surface area contributed by atoms with Crippen molar-refractivity contribution < 1.29 is 23.8 Å². The number of nitrogens with zero attached hydrogens (tertiary/aromatic N) is 1. The van der Waals surface area contributed by atoms with Crippen molar-refractivity contribution in [1.29, 1.82) is 0 Å². The molecular weight excluding hydrogens is 538 g/mol. The Morgan fingerprint density at radius 2 is 1.60 bits per heavy atom. The van der Waals surface area contributed by atoms with Crippen LogP contribution in [0.1, 0.15) is 105 Å². The van der Waals surface area contributed by atoms with E-state index >= 15 is 0 Å². The van der Waals surface area contributed by atoms with Crippen LogP contribution in [-0.4, -0.2) is 60.4 Å². The van der Waals surface area contributed by atoms with Crippen LogP contribution in [-0.2, 0) is 23.8 Å². The van der Waals surface area contributed by atoms with Crippen LogP contribution in [0, 0.1) is 11.8 Å². The highest BCUT2D eigenvalue weighted by molar-refractivity contribution is 5.78. The maximum Gasteiger partial charge on any atom is 0.309 e. The summed E-state index contributed by atoms with van der Waals surface area (Å²) in [7, 11) is 0. The van der Waals surface area contributed by atoms with E-state index in [0.717, 1.165) is 70.0 Å². The molecule has 4 bridgehead atoms. The fourth-order valence-corrected chi connectivity index (χ4v) is 6.84. The largest absolute Gasteiger partial charge is 0.457 e. The van der Waals surface area contributed by atoms with Gasteiger partial charge in [-0.15, -0.1) is 0 Å². The van der Waals surface area contributed by atoms with Crippen LogP contribution in [0.2, 0.25) is 0 Å². The molecule has 0 N–H and O–H groups in total. The molecular formula is C37H55NO5. The van der Waals surface area contributed by atoms with E-state index in [9.17, 15) is 9.59 Å². The smallest absolute Gasteiger partial charge is 0.309 e. The Hall–Kier alpha value is -2.44. The molecule has 4 rings (SSSR count). The van der Waals surface area contributed by atoms with Crippen molar-refractivity contribution in [1.82, 2.24) is 4.90 Å². The number of cyclic esters (lactones) is 1. The summed E-state index contributed by atoms with van der Waals surface area (Å²) in [5.74, 6) is 0.399. The molecule has 43 heavy (non-hydrogen) atoms. The van der Waals surface area contributed by atoms with Crippen molar-refractivity contribution in [2.75, 3.05) is 13.1 Å². The van der Waals surface area contributed by atoms with Gasteiger partial charge in [0.05, 0.1) is 30.8 Å². The van der Waals surface area contributed by atoms with Crippen LogP contribution in [0.5, 0.6) is 0 Å². The first-order valence-electron chi connectivity index (χ1n) is 16.9. The minimum atomic E-state index is -0.379. The van der Waals surface area contributed by atoms with Gasteiger partial charge in [-0.25, -0.2) is 0 Å². The number of fused-ring (bicyclic) bond motifs is 4. The van der Waals surface area contributed by atoms with E-state index in [2.05, 4.69) is 39.0 Å². The summed E-state index contributed by atoms with van der Waals surface area (Å²) in [5, 5.41) is 0. The number of carbonyl (C=O) groups is 2. The Bertz CT molecular complexity index is 1060. The number of piperidine rings is 1. The lowest BCUT2D eigenvalue weighted by molar-refractivity contribution is -0.154. The Labute approximate surface area is 260 Å². The molecule has 1 amide bonds. The standard InChI is InChI=1S/C37H55NO5/c1-5-30-23-33-25-32-15-12-14-31(41-32)21-28(3)17-18-29(4)35(43-37(40)26-34(24-30)42-33)16-9-6-8-13-27(2)22-36(39)38-19-10-7-11-20-38/h5-6,8-9,13,16-18,28-29,31-35H,7,10-12,14-15,19-26H2,1-4H3. The van der Waals surface area contributed by atoms with Gasteiger partial charge in [-0.05, 0) is 83.6 Å². The first-order chi connectivity index (χ1) is 20.8. The highest BCUT2D eigenvalue weighted by atomic mass is 16.5. The first-order valence-corrected chi connectivity index (χ1v) is 16.9. The van der Waals surface area contributed by atoms with Crippen LogP contribution >= 0.6 is 0 Å². The van der Waals surface area contributed by atoms with Gasteiger partial charge in [-0.3, -0.25) is 9.59 Å². The predicted octanol–water partition coefficient (Wildman–Crippen LogP) is 7.80. The quantitative estimate of drug-likeness (QED) is 0.185. The zero-order chi connectivity index (χ0) is 30.6. The van der Waals surface area contributed by atoms with E-state index in [1.165, 1.54) is 18.4 Å². The average Bonchev–Trinajstić information content (AvgIpc) is 2.99. The number of hydrogen-bond acceptors (Lipinski definition) is 5. The van der Waals surface area contributed by atoms with Crippen molar-refractivity contribution in [3.63, 3.8) is 0 Å². The summed E-state index contributed by atoms with van der Waals surface area (Å²) in [6.45, 7) is 10.2. The summed E-state index contributed by atoms with van der Waals surface area (Å²) in [4.78, 5) is 27.8. The summed E-state index contributed by atoms with van der Waals surface area (Å²) in [6, 6.07) is 0. The maximum absolute atomic E-state index is 13.2. The highest BCUT2D eigenvalue weighted by Gasteiger charge is 2.32. The monoisotopic (exact) mass is 593 g/mol. The number of ether oxygens (including phenoxy) is 3. The molecule has 0 saturated carbocycles. The van der Waals surface area contributed by atoms with Gasteiger partial charge in [0.2, 0.25) is 5.91 Å². The van der Waals surface area contributed by atoms with Crippen molar-refractivity contribution in [2.45, 2.75) is 135 Å². The summed E-state index contributed by atoms with van der Waals surface area (Å²) in [5.41, 5.74) is 2.40. The zero-order valence-corrected chi connectivity index (χ0v) is 27.0. The summed E-state index contributed by atoms with van der Waals surface area (Å²) in [6.07, 6.45) is 27.6. The van der Waals surface area contributed by atoms with Crippen LogP contribution in [0.15, 0.2) is 59.8 Å². The topological polar surface area (TPSA) is 65.1 Å².